The van der Waals surface area contributed by atoms with E-state index in [4.69, 9.17) is 22.9 Å². The second-order valence-corrected chi connectivity index (χ2v) is 1.98. The summed E-state index contributed by atoms with van der Waals surface area (Å²) in [5.41, 5.74) is 21.4. The largest absolute Gasteiger partial charge is 2.00 e. The van der Waals surface area contributed by atoms with Crippen molar-refractivity contribution in [1.29, 1.82) is 0 Å². The number of nitroso groups, excluding NO2 is 2. The third kappa shape index (κ3) is 10.4. The molecule has 0 rings (SSSR count). The number of rotatable bonds is 4. The molecule has 0 fully saturated rings. The summed E-state index contributed by atoms with van der Waals surface area (Å²) in [6.07, 6.45) is 0. The maximum atomic E-state index is 9.52. The molecule has 0 radical (unpaired) electrons. The van der Waals surface area contributed by atoms with Crippen LogP contribution in [-0.2, 0) is 21.1 Å². The zero-order valence-corrected chi connectivity index (χ0v) is 10.4. The molecular formula is C4H10N8O4Pt. The first-order valence-electron chi connectivity index (χ1n) is 3.38. The van der Waals surface area contributed by atoms with E-state index in [1.54, 1.807) is 0 Å². The molecule has 0 atom stereocenters. The van der Waals surface area contributed by atoms with Crippen LogP contribution >= 0.6 is 0 Å². The number of hydrogen-bond donors (Lipinski definition) is 6. The van der Waals surface area contributed by atoms with Gasteiger partial charge in [-0.05, 0) is 10.4 Å². The molecule has 13 heteroatoms. The predicted octanol–water partition coefficient (Wildman–Crippen LogP) is -2.23. The zero-order chi connectivity index (χ0) is 13.1. The van der Waals surface area contributed by atoms with Gasteiger partial charge in [0, 0.05) is 0 Å². The first-order chi connectivity index (χ1) is 7.44. The van der Waals surface area contributed by atoms with Crippen LogP contribution in [0.25, 0.3) is 0 Å². The average Bonchev–Trinajstić information content (AvgIpc) is 2.35. The van der Waals surface area contributed by atoms with Gasteiger partial charge in [0.25, 0.3) is 0 Å². The first kappa shape index (κ1) is 20.5. The second-order valence-electron chi connectivity index (χ2n) is 1.98. The molecule has 100 valence electrons. The van der Waals surface area contributed by atoms with E-state index < -0.39 is 23.3 Å². The van der Waals surface area contributed by atoms with Gasteiger partial charge in [0.1, 0.15) is 11.6 Å². The van der Waals surface area contributed by atoms with Crippen molar-refractivity contribution in [2.75, 3.05) is 0 Å². The molecule has 0 aliphatic rings. The van der Waals surface area contributed by atoms with E-state index in [0.717, 1.165) is 0 Å². The van der Waals surface area contributed by atoms with Crippen LogP contribution in [0.4, 0.5) is 0 Å². The molecule has 12 nitrogen and oxygen atoms in total. The van der Waals surface area contributed by atoms with E-state index in [0.29, 0.717) is 0 Å². The molecule has 0 aromatic carbocycles. The summed E-state index contributed by atoms with van der Waals surface area (Å²) in [5.74, 6) is -1.97. The maximum absolute atomic E-state index is 9.52. The Morgan fingerprint density at radius 3 is 1.12 bits per heavy atom. The quantitative estimate of drug-likeness (QED) is 0.208. The van der Waals surface area contributed by atoms with E-state index in [-0.39, 0.29) is 21.1 Å². The van der Waals surface area contributed by atoms with Gasteiger partial charge in [-0.3, -0.25) is 0 Å². The van der Waals surface area contributed by atoms with Crippen LogP contribution in [0, 0.1) is 20.2 Å². The Morgan fingerprint density at radius 1 is 0.824 bits per heavy atom. The van der Waals surface area contributed by atoms with Crippen LogP contribution in [0.1, 0.15) is 0 Å². The van der Waals surface area contributed by atoms with Crippen LogP contribution in [-0.4, -0.2) is 0 Å². The first-order valence-corrected chi connectivity index (χ1v) is 3.38. The molecule has 0 spiro atoms. The van der Waals surface area contributed by atoms with Crippen molar-refractivity contribution in [1.82, 2.24) is 11.0 Å². The molecule has 0 aromatic rings. The van der Waals surface area contributed by atoms with E-state index in [9.17, 15) is 20.2 Å². The summed E-state index contributed by atoms with van der Waals surface area (Å²) in [7, 11) is 0. The minimum atomic E-state index is -0.528. The fraction of sp³-hybridized carbons (Fsp3) is 0. The summed E-state index contributed by atoms with van der Waals surface area (Å²) < 4.78 is 0. The minimum Gasteiger partial charge on any atom is -0.760 e. The van der Waals surface area contributed by atoms with Crippen molar-refractivity contribution in [3.8, 4) is 0 Å². The monoisotopic (exact) mass is 429 g/mol. The Morgan fingerprint density at radius 2 is 1.06 bits per heavy atom. The third-order valence-electron chi connectivity index (χ3n) is 0.969. The molecule has 0 saturated heterocycles. The molecule has 0 amide bonds. The molecule has 0 unspecified atom stereocenters. The molecule has 0 aromatic heterocycles. The van der Waals surface area contributed by atoms with Gasteiger partial charge < -0.3 is 44.3 Å². The fourth-order valence-corrected chi connectivity index (χ4v) is 0.203. The van der Waals surface area contributed by atoms with Gasteiger partial charge >= 0.3 is 21.1 Å². The molecule has 0 heterocycles. The van der Waals surface area contributed by atoms with Crippen molar-refractivity contribution < 1.29 is 21.1 Å². The summed E-state index contributed by atoms with van der Waals surface area (Å²) in [6, 6.07) is 0. The summed E-state index contributed by atoms with van der Waals surface area (Å²) in [6.45, 7) is 0. The Hall–Kier alpha value is -1.91. The Bertz CT molecular complexity index is 274. The standard InChI is InChI=1S/2C2H5N4O2.Pt/c2*3-1(5-7)2(4)6-8;/h2*5H,3-4H2;/q2*-1;+2. The van der Waals surface area contributed by atoms with Gasteiger partial charge in [0.05, 0.1) is 0 Å². The zero-order valence-electron chi connectivity index (χ0n) is 8.15. The molecule has 0 aliphatic heterocycles. The van der Waals surface area contributed by atoms with Gasteiger partial charge in [-0.2, -0.15) is 0 Å². The van der Waals surface area contributed by atoms with Crippen molar-refractivity contribution in [2.24, 2.45) is 33.3 Å². The van der Waals surface area contributed by atoms with Crippen molar-refractivity contribution >= 4 is 0 Å². The van der Waals surface area contributed by atoms with Crippen LogP contribution < -0.4 is 33.9 Å². The predicted molar refractivity (Wildman–Crippen MR) is 55.4 cm³/mol. The van der Waals surface area contributed by atoms with Crippen LogP contribution in [0.5, 0.6) is 0 Å². The van der Waals surface area contributed by atoms with Crippen molar-refractivity contribution in [3.05, 3.63) is 43.5 Å². The van der Waals surface area contributed by atoms with E-state index in [2.05, 4.69) is 10.4 Å². The molecule has 0 saturated carbocycles. The number of nitrogens with zero attached hydrogens (tertiary/aromatic N) is 2. The van der Waals surface area contributed by atoms with Gasteiger partial charge in [-0.1, -0.05) is 0 Å². The molecule has 0 bridgehead atoms. The van der Waals surface area contributed by atoms with Gasteiger partial charge in [0.2, 0.25) is 11.6 Å². The van der Waals surface area contributed by atoms with Gasteiger partial charge in [0.15, 0.2) is 0 Å². The van der Waals surface area contributed by atoms with Gasteiger partial charge in [-0.15, -0.1) is 9.81 Å². The smallest absolute Gasteiger partial charge is 0.760 e. The number of hydroxylamine groups is 2. The molecular weight excluding hydrogens is 419 g/mol. The Kier molecular flexibility index (Phi) is 14.7. The number of hydrogen-bond acceptors (Lipinski definition) is 12. The van der Waals surface area contributed by atoms with E-state index >= 15 is 0 Å². The topological polar surface area (TPSA) is 233 Å². The van der Waals surface area contributed by atoms with Gasteiger partial charge in [-0.25, -0.2) is 0 Å². The third-order valence-corrected chi connectivity index (χ3v) is 0.969. The minimum absolute atomic E-state index is 0. The van der Waals surface area contributed by atoms with Crippen LogP contribution in [0.15, 0.2) is 33.6 Å². The van der Waals surface area contributed by atoms with E-state index in [1.165, 1.54) is 11.0 Å². The second kappa shape index (κ2) is 12.2. The van der Waals surface area contributed by atoms with Crippen LogP contribution in [0.2, 0.25) is 0 Å². The Labute approximate surface area is 109 Å². The van der Waals surface area contributed by atoms with Crippen molar-refractivity contribution in [2.45, 2.75) is 0 Å². The SMILES string of the molecule is NC(N=O)=C(N)N[O-].NC(N=O)=C(N)N[O-].[Pt+2]. The van der Waals surface area contributed by atoms with Crippen LogP contribution in [0.3, 0.4) is 0 Å². The normalized spacial score (nSPS) is 11.4. The summed E-state index contributed by atoms with van der Waals surface area (Å²) >= 11 is 0. The molecule has 17 heavy (non-hydrogen) atoms. The summed E-state index contributed by atoms with van der Waals surface area (Å²) in [4.78, 5) is 18.8. The molecule has 0 aliphatic carbocycles. The fourth-order valence-electron chi connectivity index (χ4n) is 0.203. The van der Waals surface area contributed by atoms with Crippen molar-refractivity contribution in [3.63, 3.8) is 0 Å². The van der Waals surface area contributed by atoms with E-state index in [1.807, 2.05) is 0 Å². The average molecular weight is 429 g/mol. The molecule has 10 N–H and O–H groups in total. The maximum Gasteiger partial charge on any atom is 2.00 e. The number of nitrogens with one attached hydrogen (secondary N) is 2. The summed E-state index contributed by atoms with van der Waals surface area (Å²) in [5, 5.41) is 23.4. The number of nitrogens with two attached hydrogens (primary N) is 4. The Balaban J connectivity index is -0.000000218.